The highest BCUT2D eigenvalue weighted by Crippen LogP contribution is 2.20. The minimum Gasteiger partial charge on any atom is -0.466 e. The van der Waals surface area contributed by atoms with Gasteiger partial charge in [-0.1, -0.05) is 392 Å². The molecule has 1 amide bonds. The first kappa shape index (κ1) is 81.6. The molecule has 0 saturated carbocycles. The molecule has 0 aromatic carbocycles. The van der Waals surface area contributed by atoms with Crippen molar-refractivity contribution < 1.29 is 24.5 Å². The molecule has 0 aliphatic rings. The van der Waals surface area contributed by atoms with Crippen molar-refractivity contribution in [3.8, 4) is 0 Å². The average molecular weight is 1170 g/mol. The molecule has 6 heteroatoms. The maximum absolute atomic E-state index is 12.5. The Balaban J connectivity index is 3.34. The zero-order valence-corrected chi connectivity index (χ0v) is 56.7. The summed E-state index contributed by atoms with van der Waals surface area (Å²) in [5, 5.41) is 23.4. The van der Waals surface area contributed by atoms with Crippen LogP contribution in [0.3, 0.4) is 0 Å². The highest BCUT2D eigenvalue weighted by atomic mass is 16.5. The molecule has 2 unspecified atom stereocenters. The molecular formula is C77H151NO5. The summed E-state index contributed by atoms with van der Waals surface area (Å²) < 4.78 is 5.52. The van der Waals surface area contributed by atoms with Crippen LogP contribution in [0.5, 0.6) is 0 Å². The largest absolute Gasteiger partial charge is 0.466 e. The van der Waals surface area contributed by atoms with Crippen molar-refractivity contribution >= 4 is 11.9 Å². The summed E-state index contributed by atoms with van der Waals surface area (Å²) in [5.74, 6) is -0.00596. The van der Waals surface area contributed by atoms with Crippen molar-refractivity contribution in [1.82, 2.24) is 5.32 Å². The van der Waals surface area contributed by atoms with Gasteiger partial charge in [0.15, 0.2) is 0 Å². The second-order valence-electron chi connectivity index (χ2n) is 26.7. The van der Waals surface area contributed by atoms with Gasteiger partial charge >= 0.3 is 5.97 Å². The predicted molar refractivity (Wildman–Crippen MR) is 366 cm³/mol. The zero-order chi connectivity index (χ0) is 59.9. The van der Waals surface area contributed by atoms with Crippen LogP contribution in [0.4, 0.5) is 0 Å². The number of hydrogen-bond donors (Lipinski definition) is 3. The van der Waals surface area contributed by atoms with Crippen molar-refractivity contribution in [3.05, 3.63) is 12.2 Å². The molecular weight excluding hydrogens is 1020 g/mol. The molecule has 0 rings (SSSR count). The van der Waals surface area contributed by atoms with Crippen molar-refractivity contribution in [3.63, 3.8) is 0 Å². The molecule has 0 saturated heterocycles. The Morgan fingerprint density at radius 3 is 0.855 bits per heavy atom. The smallest absolute Gasteiger partial charge is 0.305 e. The van der Waals surface area contributed by atoms with E-state index in [2.05, 4.69) is 31.3 Å². The SMILES string of the molecule is CCCCCCCCCCCCCCCCCCCCC(=O)OCCCCCCCCCCCCCC/C=C\CCCCCCCCCCCCCCCCC(=O)NC(CO)C(O)CCCCCCCCCCCCCCCCCCCC. The Labute approximate surface area is 520 Å². The second kappa shape index (κ2) is 73.1. The topological polar surface area (TPSA) is 95.9 Å². The summed E-state index contributed by atoms with van der Waals surface area (Å²) in [6, 6.07) is -0.540. The number of allylic oxidation sites excluding steroid dienone is 2. The van der Waals surface area contributed by atoms with Gasteiger partial charge in [-0.3, -0.25) is 9.59 Å². The third-order valence-electron chi connectivity index (χ3n) is 18.3. The molecule has 3 N–H and O–H groups in total. The minimum atomic E-state index is -0.663. The standard InChI is InChI=1S/C77H151NO5/c1-3-5-7-9-11-13-15-17-19-21-37-41-45-49-53-57-61-65-69-75(80)74(73-79)78-76(81)70-66-62-58-54-50-46-42-38-35-33-31-29-27-25-23-24-26-28-30-32-34-36-40-44-48-52-56-60-64-68-72-83-77(82)71-67-63-59-55-51-47-43-39-22-20-18-16-14-12-10-8-6-4-2/h24,26,74-75,79-80H,3-23,25,27-73H2,1-2H3,(H,78,81)/b26-24-. The summed E-state index contributed by atoms with van der Waals surface area (Å²) in [6.45, 7) is 5.01. The van der Waals surface area contributed by atoms with Gasteiger partial charge in [-0.2, -0.15) is 0 Å². The van der Waals surface area contributed by atoms with Gasteiger partial charge in [-0.25, -0.2) is 0 Å². The number of hydrogen-bond acceptors (Lipinski definition) is 5. The Morgan fingerprint density at radius 1 is 0.325 bits per heavy atom. The second-order valence-corrected chi connectivity index (χ2v) is 26.7. The number of carbonyl (C=O) groups is 2. The summed E-state index contributed by atoms with van der Waals surface area (Å²) in [7, 11) is 0. The molecule has 0 aliphatic carbocycles. The van der Waals surface area contributed by atoms with Crippen molar-refractivity contribution in [2.24, 2.45) is 0 Å². The molecule has 2 atom stereocenters. The van der Waals surface area contributed by atoms with E-state index < -0.39 is 12.1 Å². The number of ether oxygens (including phenoxy) is 1. The van der Waals surface area contributed by atoms with E-state index in [9.17, 15) is 19.8 Å². The van der Waals surface area contributed by atoms with E-state index in [1.165, 1.54) is 372 Å². The molecule has 83 heavy (non-hydrogen) atoms. The lowest BCUT2D eigenvalue weighted by atomic mass is 10.0. The number of carbonyl (C=O) groups excluding carboxylic acids is 2. The maximum atomic E-state index is 12.5. The quantitative estimate of drug-likeness (QED) is 0.0320. The van der Waals surface area contributed by atoms with E-state index in [1.54, 1.807) is 0 Å². The number of esters is 1. The minimum absolute atomic E-state index is 0.0228. The molecule has 0 spiro atoms. The Bertz CT molecular complexity index is 1260. The van der Waals surface area contributed by atoms with Crippen molar-refractivity contribution in [2.45, 2.75) is 456 Å². The molecule has 0 aromatic heterocycles. The number of nitrogens with one attached hydrogen (secondary N) is 1. The lowest BCUT2D eigenvalue weighted by Gasteiger charge is -2.22. The molecule has 0 aliphatic heterocycles. The van der Waals surface area contributed by atoms with Crippen molar-refractivity contribution in [2.75, 3.05) is 13.2 Å². The predicted octanol–water partition coefficient (Wildman–Crippen LogP) is 25.1. The van der Waals surface area contributed by atoms with Gasteiger partial charge in [-0.15, -0.1) is 0 Å². The van der Waals surface area contributed by atoms with E-state index in [4.69, 9.17) is 4.74 Å². The molecule has 0 aromatic rings. The Morgan fingerprint density at radius 2 is 0.566 bits per heavy atom. The number of unbranched alkanes of at least 4 members (excludes halogenated alkanes) is 60. The van der Waals surface area contributed by atoms with E-state index in [0.717, 1.165) is 38.5 Å². The van der Waals surface area contributed by atoms with Crippen LogP contribution < -0.4 is 5.32 Å². The molecule has 0 heterocycles. The van der Waals surface area contributed by atoms with Gasteiger partial charge in [0.2, 0.25) is 5.91 Å². The zero-order valence-electron chi connectivity index (χ0n) is 56.7. The summed E-state index contributed by atoms with van der Waals surface area (Å²) >= 11 is 0. The first-order valence-corrected chi connectivity index (χ1v) is 38.4. The first-order chi connectivity index (χ1) is 41.0. The van der Waals surface area contributed by atoms with Gasteiger partial charge < -0.3 is 20.3 Å². The van der Waals surface area contributed by atoms with Crippen LogP contribution >= 0.6 is 0 Å². The number of aliphatic hydroxyl groups excluding tert-OH is 2. The number of aliphatic hydroxyl groups is 2. The van der Waals surface area contributed by atoms with Crippen LogP contribution in [-0.4, -0.2) is 47.4 Å². The van der Waals surface area contributed by atoms with Gasteiger partial charge in [0.05, 0.1) is 25.4 Å². The lowest BCUT2D eigenvalue weighted by molar-refractivity contribution is -0.143. The van der Waals surface area contributed by atoms with Gasteiger partial charge in [0.25, 0.3) is 0 Å². The average Bonchev–Trinajstić information content (AvgIpc) is 3.48. The third-order valence-corrected chi connectivity index (χ3v) is 18.3. The monoisotopic (exact) mass is 1170 g/mol. The fraction of sp³-hybridized carbons (Fsp3) is 0.948. The van der Waals surface area contributed by atoms with Crippen LogP contribution in [0.1, 0.15) is 444 Å². The van der Waals surface area contributed by atoms with E-state index in [-0.39, 0.29) is 18.5 Å². The number of amides is 1. The summed E-state index contributed by atoms with van der Waals surface area (Å²) in [5.41, 5.74) is 0. The van der Waals surface area contributed by atoms with Crippen LogP contribution in [0.25, 0.3) is 0 Å². The highest BCUT2D eigenvalue weighted by Gasteiger charge is 2.20. The lowest BCUT2D eigenvalue weighted by Crippen LogP contribution is -2.45. The van der Waals surface area contributed by atoms with Crippen LogP contribution in [0, 0.1) is 0 Å². The van der Waals surface area contributed by atoms with Crippen LogP contribution in [0.2, 0.25) is 0 Å². The maximum Gasteiger partial charge on any atom is 0.305 e. The van der Waals surface area contributed by atoms with E-state index in [1.807, 2.05) is 0 Å². The fourth-order valence-corrected chi connectivity index (χ4v) is 12.5. The summed E-state index contributed by atoms with van der Waals surface area (Å²) in [6.07, 6.45) is 91.5. The van der Waals surface area contributed by atoms with Gasteiger partial charge in [0.1, 0.15) is 0 Å². The normalized spacial score (nSPS) is 12.5. The summed E-state index contributed by atoms with van der Waals surface area (Å²) in [4.78, 5) is 24.7. The van der Waals surface area contributed by atoms with Gasteiger partial charge in [0, 0.05) is 12.8 Å². The molecule has 0 bridgehead atoms. The Hall–Kier alpha value is -1.40. The molecule has 0 fully saturated rings. The van der Waals surface area contributed by atoms with Crippen molar-refractivity contribution in [1.29, 1.82) is 0 Å². The Kier molecular flexibility index (Phi) is 71.8. The van der Waals surface area contributed by atoms with E-state index in [0.29, 0.717) is 25.9 Å². The third kappa shape index (κ3) is 69.6. The fourth-order valence-electron chi connectivity index (χ4n) is 12.5. The van der Waals surface area contributed by atoms with E-state index >= 15 is 0 Å². The molecule has 0 radical (unpaired) electrons. The molecule has 6 nitrogen and oxygen atoms in total. The van der Waals surface area contributed by atoms with Gasteiger partial charge in [-0.05, 0) is 51.4 Å². The van der Waals surface area contributed by atoms with Crippen LogP contribution in [0.15, 0.2) is 12.2 Å². The molecule has 494 valence electrons. The highest BCUT2D eigenvalue weighted by molar-refractivity contribution is 5.76. The van der Waals surface area contributed by atoms with Crippen LogP contribution in [-0.2, 0) is 14.3 Å². The number of rotatable bonds is 73. The first-order valence-electron chi connectivity index (χ1n) is 38.4.